The molecule has 17 heavy (non-hydrogen) atoms. The van der Waals surface area contributed by atoms with Gasteiger partial charge in [0.25, 0.3) is 0 Å². The molecule has 0 amide bonds. The van der Waals surface area contributed by atoms with Gasteiger partial charge in [-0.15, -0.1) is 0 Å². The number of rotatable bonds is 6. The molecule has 0 bridgehead atoms. The van der Waals surface area contributed by atoms with Crippen molar-refractivity contribution in [3.63, 3.8) is 0 Å². The van der Waals surface area contributed by atoms with E-state index >= 15 is 0 Å². The van der Waals surface area contributed by atoms with E-state index in [1.54, 1.807) is 0 Å². The zero-order chi connectivity index (χ0) is 12.3. The largest absolute Gasteiger partial charge is 0.367 e. The average Bonchev–Trinajstić information content (AvgIpc) is 3.19. The summed E-state index contributed by atoms with van der Waals surface area (Å²) in [6.45, 7) is 5.51. The molecule has 3 nitrogen and oxygen atoms in total. The van der Waals surface area contributed by atoms with Crippen molar-refractivity contribution in [3.8, 4) is 0 Å². The van der Waals surface area contributed by atoms with Crippen molar-refractivity contribution in [3.05, 3.63) is 24.0 Å². The van der Waals surface area contributed by atoms with Crippen molar-refractivity contribution in [1.82, 2.24) is 10.3 Å². The minimum atomic E-state index is 0.324. The molecule has 1 aliphatic carbocycles. The van der Waals surface area contributed by atoms with E-state index in [1.807, 2.05) is 13.2 Å². The number of nitrogens with one attached hydrogen (secondary N) is 1. The van der Waals surface area contributed by atoms with Crippen LogP contribution in [0.25, 0.3) is 0 Å². The maximum absolute atomic E-state index is 4.56. The van der Waals surface area contributed by atoms with Gasteiger partial charge in [0.05, 0.1) is 17.6 Å². The standard InChI is InChI=1S/C14H23N3/c1-4-9-17(12-5-6-12)13-7-8-14(16-10-13)11(2)15-3/h7-8,10-12,15H,4-6,9H2,1-3H3. The number of nitrogens with zero attached hydrogens (tertiary/aromatic N) is 2. The van der Waals surface area contributed by atoms with Gasteiger partial charge in [-0.05, 0) is 45.4 Å². The summed E-state index contributed by atoms with van der Waals surface area (Å²) >= 11 is 0. The molecule has 1 aliphatic rings. The Morgan fingerprint density at radius 1 is 1.47 bits per heavy atom. The fourth-order valence-electron chi connectivity index (χ4n) is 2.12. The summed E-state index contributed by atoms with van der Waals surface area (Å²) in [5.41, 5.74) is 2.39. The molecule has 0 saturated heterocycles. The molecule has 2 rings (SSSR count). The molecule has 1 saturated carbocycles. The van der Waals surface area contributed by atoms with E-state index < -0.39 is 0 Å². The van der Waals surface area contributed by atoms with Crippen LogP contribution in [0.2, 0.25) is 0 Å². The number of hydrogen-bond acceptors (Lipinski definition) is 3. The van der Waals surface area contributed by atoms with Gasteiger partial charge in [0.2, 0.25) is 0 Å². The smallest absolute Gasteiger partial charge is 0.0571 e. The predicted octanol–water partition coefficient (Wildman–Crippen LogP) is 2.74. The summed E-state index contributed by atoms with van der Waals surface area (Å²) in [5.74, 6) is 0. The van der Waals surface area contributed by atoms with Crippen molar-refractivity contribution in [1.29, 1.82) is 0 Å². The molecule has 0 aromatic carbocycles. The van der Waals surface area contributed by atoms with Crippen LogP contribution in [0, 0.1) is 0 Å². The van der Waals surface area contributed by atoms with Crippen LogP contribution in [0.3, 0.4) is 0 Å². The molecule has 1 aromatic rings. The molecule has 0 radical (unpaired) electrons. The maximum atomic E-state index is 4.56. The highest BCUT2D eigenvalue weighted by atomic mass is 15.2. The molecule has 1 atom stereocenters. The van der Waals surface area contributed by atoms with Gasteiger partial charge in [0.15, 0.2) is 0 Å². The third-order valence-electron chi connectivity index (χ3n) is 3.43. The Morgan fingerprint density at radius 3 is 2.71 bits per heavy atom. The lowest BCUT2D eigenvalue weighted by molar-refractivity contribution is 0.632. The van der Waals surface area contributed by atoms with Gasteiger partial charge in [0, 0.05) is 18.6 Å². The quantitative estimate of drug-likeness (QED) is 0.819. The van der Waals surface area contributed by atoms with E-state index in [0.717, 1.165) is 18.3 Å². The lowest BCUT2D eigenvalue weighted by Gasteiger charge is -2.24. The molecular formula is C14H23N3. The molecule has 1 unspecified atom stereocenters. The van der Waals surface area contributed by atoms with Crippen LogP contribution >= 0.6 is 0 Å². The van der Waals surface area contributed by atoms with E-state index in [2.05, 4.69) is 41.2 Å². The van der Waals surface area contributed by atoms with Crippen molar-refractivity contribution >= 4 is 5.69 Å². The Balaban J connectivity index is 2.09. The number of hydrogen-bond donors (Lipinski definition) is 1. The van der Waals surface area contributed by atoms with Crippen molar-refractivity contribution in [2.75, 3.05) is 18.5 Å². The second kappa shape index (κ2) is 5.50. The molecule has 3 heteroatoms. The van der Waals surface area contributed by atoms with E-state index in [1.165, 1.54) is 24.9 Å². The van der Waals surface area contributed by atoms with Crippen LogP contribution in [0.5, 0.6) is 0 Å². The molecule has 1 aromatic heterocycles. The van der Waals surface area contributed by atoms with Crippen molar-refractivity contribution in [2.45, 2.75) is 45.2 Å². The van der Waals surface area contributed by atoms with Crippen LogP contribution in [0.4, 0.5) is 5.69 Å². The molecule has 94 valence electrons. The maximum Gasteiger partial charge on any atom is 0.0571 e. The third-order valence-corrected chi connectivity index (χ3v) is 3.43. The second-order valence-corrected chi connectivity index (χ2v) is 4.88. The molecular weight excluding hydrogens is 210 g/mol. The molecule has 1 heterocycles. The Bertz CT molecular complexity index is 343. The van der Waals surface area contributed by atoms with Gasteiger partial charge in [0.1, 0.15) is 0 Å². The Hall–Kier alpha value is -1.09. The van der Waals surface area contributed by atoms with E-state index in [9.17, 15) is 0 Å². The zero-order valence-corrected chi connectivity index (χ0v) is 11.1. The lowest BCUT2D eigenvalue weighted by Crippen LogP contribution is -2.26. The summed E-state index contributed by atoms with van der Waals surface area (Å²) in [6, 6.07) is 5.44. The minimum absolute atomic E-state index is 0.324. The normalized spacial score (nSPS) is 16.9. The van der Waals surface area contributed by atoms with Crippen LogP contribution < -0.4 is 10.2 Å². The molecule has 1 N–H and O–H groups in total. The number of anilines is 1. The summed E-state index contributed by atoms with van der Waals surface area (Å²) in [7, 11) is 1.97. The molecule has 0 aliphatic heterocycles. The summed E-state index contributed by atoms with van der Waals surface area (Å²) in [5, 5.41) is 3.21. The first kappa shape index (κ1) is 12.4. The summed E-state index contributed by atoms with van der Waals surface area (Å²) in [4.78, 5) is 7.06. The lowest BCUT2D eigenvalue weighted by atomic mass is 10.2. The van der Waals surface area contributed by atoms with Crippen LogP contribution in [0.1, 0.15) is 44.8 Å². The SMILES string of the molecule is CCCN(c1ccc(C(C)NC)nc1)C1CC1. The van der Waals surface area contributed by atoms with E-state index in [0.29, 0.717) is 6.04 Å². The topological polar surface area (TPSA) is 28.2 Å². The second-order valence-electron chi connectivity index (χ2n) is 4.88. The average molecular weight is 233 g/mol. The van der Waals surface area contributed by atoms with Gasteiger partial charge in [-0.3, -0.25) is 4.98 Å². The van der Waals surface area contributed by atoms with Crippen LogP contribution in [0.15, 0.2) is 18.3 Å². The highest BCUT2D eigenvalue weighted by molar-refractivity contribution is 5.47. The van der Waals surface area contributed by atoms with Gasteiger partial charge in [-0.2, -0.15) is 0 Å². The molecule has 1 fully saturated rings. The van der Waals surface area contributed by atoms with Gasteiger partial charge in [-0.1, -0.05) is 6.92 Å². The Kier molecular flexibility index (Phi) is 4.00. The van der Waals surface area contributed by atoms with Crippen molar-refractivity contribution in [2.24, 2.45) is 0 Å². The Morgan fingerprint density at radius 2 is 2.24 bits per heavy atom. The first-order chi connectivity index (χ1) is 8.26. The van der Waals surface area contributed by atoms with Gasteiger partial charge in [-0.25, -0.2) is 0 Å². The van der Waals surface area contributed by atoms with E-state index in [-0.39, 0.29) is 0 Å². The minimum Gasteiger partial charge on any atom is -0.367 e. The highest BCUT2D eigenvalue weighted by Gasteiger charge is 2.28. The van der Waals surface area contributed by atoms with Gasteiger partial charge >= 0.3 is 0 Å². The van der Waals surface area contributed by atoms with Crippen LogP contribution in [-0.4, -0.2) is 24.6 Å². The van der Waals surface area contributed by atoms with Crippen LogP contribution in [-0.2, 0) is 0 Å². The fourth-order valence-corrected chi connectivity index (χ4v) is 2.12. The third kappa shape index (κ3) is 2.97. The molecule has 0 spiro atoms. The number of pyridine rings is 1. The predicted molar refractivity (Wildman–Crippen MR) is 72.4 cm³/mol. The first-order valence-electron chi connectivity index (χ1n) is 6.66. The zero-order valence-electron chi connectivity index (χ0n) is 11.1. The Labute approximate surface area is 104 Å². The summed E-state index contributed by atoms with van der Waals surface area (Å²) < 4.78 is 0. The van der Waals surface area contributed by atoms with Gasteiger partial charge < -0.3 is 10.2 Å². The first-order valence-corrected chi connectivity index (χ1v) is 6.66. The van der Waals surface area contributed by atoms with E-state index in [4.69, 9.17) is 0 Å². The highest BCUT2D eigenvalue weighted by Crippen LogP contribution is 2.31. The summed E-state index contributed by atoms with van der Waals surface area (Å²) in [6.07, 6.45) is 5.91. The van der Waals surface area contributed by atoms with Crippen molar-refractivity contribution < 1.29 is 0 Å². The number of aromatic nitrogens is 1. The fraction of sp³-hybridized carbons (Fsp3) is 0.643. The monoisotopic (exact) mass is 233 g/mol.